The molecule has 0 saturated carbocycles. The molecule has 2 N–H and O–H groups in total. The van der Waals surface area contributed by atoms with E-state index in [1.807, 2.05) is 0 Å². The first-order chi connectivity index (χ1) is 7.79. The quantitative estimate of drug-likeness (QED) is 0.843. The molecule has 2 heteroatoms. The zero-order valence-electron chi connectivity index (χ0n) is 10.1. The van der Waals surface area contributed by atoms with E-state index in [-0.39, 0.29) is 0 Å². The molecular formula is C14H22N2. The summed E-state index contributed by atoms with van der Waals surface area (Å²) in [6.45, 7) is 5.39. The molecule has 0 radical (unpaired) electrons. The summed E-state index contributed by atoms with van der Waals surface area (Å²) < 4.78 is 0. The molecule has 1 aromatic rings. The molecule has 16 heavy (non-hydrogen) atoms. The lowest BCUT2D eigenvalue weighted by Crippen LogP contribution is -2.43. The highest BCUT2D eigenvalue weighted by molar-refractivity contribution is 5.14. The molecule has 0 aliphatic carbocycles. The molecular weight excluding hydrogens is 196 g/mol. The largest absolute Gasteiger partial charge is 0.330 e. The van der Waals surface area contributed by atoms with Crippen LogP contribution in [-0.2, 0) is 6.54 Å². The molecule has 0 bridgehead atoms. The van der Waals surface area contributed by atoms with Gasteiger partial charge >= 0.3 is 0 Å². The number of piperidine rings is 1. The second-order valence-electron chi connectivity index (χ2n) is 4.94. The smallest absolute Gasteiger partial charge is 0.0236 e. The van der Waals surface area contributed by atoms with E-state index in [9.17, 15) is 0 Å². The summed E-state index contributed by atoms with van der Waals surface area (Å²) in [5.41, 5.74) is 7.19. The Hall–Kier alpha value is -0.860. The zero-order chi connectivity index (χ0) is 11.4. The summed E-state index contributed by atoms with van der Waals surface area (Å²) in [5, 5.41) is 0. The lowest BCUT2D eigenvalue weighted by molar-refractivity contribution is 0.113. The zero-order valence-corrected chi connectivity index (χ0v) is 10.1. The third kappa shape index (κ3) is 2.83. The van der Waals surface area contributed by atoms with Crippen LogP contribution in [0.15, 0.2) is 30.3 Å². The molecule has 1 aromatic carbocycles. The third-order valence-corrected chi connectivity index (χ3v) is 3.67. The molecule has 88 valence electrons. The summed E-state index contributed by atoms with van der Waals surface area (Å²) in [7, 11) is 0. The minimum absolute atomic E-state index is 0.694. The van der Waals surface area contributed by atoms with Crippen LogP contribution in [0.4, 0.5) is 0 Å². The molecule has 1 fully saturated rings. The molecule has 0 aromatic heterocycles. The number of likely N-dealkylation sites (tertiary alicyclic amines) is 1. The minimum atomic E-state index is 0.694. The van der Waals surface area contributed by atoms with E-state index in [4.69, 9.17) is 5.73 Å². The van der Waals surface area contributed by atoms with Gasteiger partial charge in [-0.15, -0.1) is 0 Å². The van der Waals surface area contributed by atoms with Gasteiger partial charge in [0.15, 0.2) is 0 Å². The van der Waals surface area contributed by atoms with Crippen LogP contribution in [0.2, 0.25) is 0 Å². The molecule has 1 saturated heterocycles. The van der Waals surface area contributed by atoms with E-state index in [1.54, 1.807) is 0 Å². The first-order valence-electron chi connectivity index (χ1n) is 6.27. The maximum absolute atomic E-state index is 5.78. The van der Waals surface area contributed by atoms with Crippen LogP contribution in [0.5, 0.6) is 0 Å². The molecule has 2 unspecified atom stereocenters. The number of nitrogens with zero attached hydrogens (tertiary/aromatic N) is 1. The van der Waals surface area contributed by atoms with Gasteiger partial charge in [0.1, 0.15) is 0 Å². The van der Waals surface area contributed by atoms with Crippen LogP contribution >= 0.6 is 0 Å². The topological polar surface area (TPSA) is 29.3 Å². The van der Waals surface area contributed by atoms with E-state index in [0.29, 0.717) is 12.0 Å². The summed E-state index contributed by atoms with van der Waals surface area (Å²) in [5.74, 6) is 0.694. The molecule has 1 heterocycles. The third-order valence-electron chi connectivity index (χ3n) is 3.67. The average Bonchev–Trinajstić information content (AvgIpc) is 2.33. The van der Waals surface area contributed by atoms with Gasteiger partial charge in [0, 0.05) is 19.1 Å². The normalized spacial score (nSPS) is 26.9. The van der Waals surface area contributed by atoms with Gasteiger partial charge in [0.05, 0.1) is 0 Å². The number of hydrogen-bond acceptors (Lipinski definition) is 2. The van der Waals surface area contributed by atoms with Crippen molar-refractivity contribution in [2.45, 2.75) is 32.4 Å². The van der Waals surface area contributed by atoms with Crippen LogP contribution in [0.1, 0.15) is 25.3 Å². The van der Waals surface area contributed by atoms with E-state index >= 15 is 0 Å². The van der Waals surface area contributed by atoms with E-state index < -0.39 is 0 Å². The maximum atomic E-state index is 5.78. The van der Waals surface area contributed by atoms with Gasteiger partial charge < -0.3 is 5.73 Å². The van der Waals surface area contributed by atoms with Crippen molar-refractivity contribution in [2.24, 2.45) is 11.7 Å². The highest BCUT2D eigenvalue weighted by Crippen LogP contribution is 2.22. The highest BCUT2D eigenvalue weighted by Gasteiger charge is 2.24. The fraction of sp³-hybridized carbons (Fsp3) is 0.571. The maximum Gasteiger partial charge on any atom is 0.0236 e. The molecule has 0 spiro atoms. The van der Waals surface area contributed by atoms with Gasteiger partial charge in [-0.2, -0.15) is 0 Å². The van der Waals surface area contributed by atoms with Crippen molar-refractivity contribution in [1.29, 1.82) is 0 Å². The lowest BCUT2D eigenvalue weighted by Gasteiger charge is -2.37. The summed E-state index contributed by atoms with van der Waals surface area (Å²) in [6, 6.07) is 11.4. The van der Waals surface area contributed by atoms with E-state index in [2.05, 4.69) is 42.2 Å². The standard InChI is InChI=1S/C14H22N2/c1-12-7-8-14(9-15)11-16(12)10-13-5-3-2-4-6-13/h2-6,12,14H,7-11,15H2,1H3. The number of benzene rings is 1. The van der Waals surface area contributed by atoms with Crippen LogP contribution in [0.3, 0.4) is 0 Å². The predicted molar refractivity (Wildman–Crippen MR) is 68.1 cm³/mol. The van der Waals surface area contributed by atoms with Crippen LogP contribution < -0.4 is 5.73 Å². The molecule has 0 amide bonds. The minimum Gasteiger partial charge on any atom is -0.330 e. The monoisotopic (exact) mass is 218 g/mol. The molecule has 2 rings (SSSR count). The SMILES string of the molecule is CC1CCC(CN)CN1Cc1ccccc1. The Balaban J connectivity index is 1.97. The number of rotatable bonds is 3. The van der Waals surface area contributed by atoms with Crippen LogP contribution in [-0.4, -0.2) is 24.0 Å². The highest BCUT2D eigenvalue weighted by atomic mass is 15.2. The van der Waals surface area contributed by atoms with Crippen LogP contribution in [0.25, 0.3) is 0 Å². The van der Waals surface area contributed by atoms with Crippen molar-refractivity contribution in [3.05, 3.63) is 35.9 Å². The Kier molecular flexibility index (Phi) is 3.97. The first kappa shape index (κ1) is 11.6. The molecule has 1 aliphatic rings. The van der Waals surface area contributed by atoms with Crippen LogP contribution in [0, 0.1) is 5.92 Å². The Labute approximate surface area is 98.4 Å². The Bertz CT molecular complexity index is 310. The van der Waals surface area contributed by atoms with Gasteiger partial charge in [-0.05, 0) is 37.8 Å². The number of nitrogens with two attached hydrogens (primary N) is 1. The molecule has 2 nitrogen and oxygen atoms in total. The Morgan fingerprint density at radius 3 is 2.69 bits per heavy atom. The second-order valence-corrected chi connectivity index (χ2v) is 4.94. The van der Waals surface area contributed by atoms with Crippen molar-refractivity contribution in [1.82, 2.24) is 4.90 Å². The first-order valence-corrected chi connectivity index (χ1v) is 6.27. The fourth-order valence-electron chi connectivity index (χ4n) is 2.49. The molecule has 2 atom stereocenters. The van der Waals surface area contributed by atoms with Crippen molar-refractivity contribution < 1.29 is 0 Å². The van der Waals surface area contributed by atoms with Crippen molar-refractivity contribution >= 4 is 0 Å². The van der Waals surface area contributed by atoms with Gasteiger partial charge in [-0.3, -0.25) is 4.90 Å². The van der Waals surface area contributed by atoms with Gasteiger partial charge in [0.25, 0.3) is 0 Å². The Morgan fingerprint density at radius 1 is 1.25 bits per heavy atom. The van der Waals surface area contributed by atoms with Gasteiger partial charge in [-0.1, -0.05) is 30.3 Å². The fourth-order valence-corrected chi connectivity index (χ4v) is 2.49. The van der Waals surface area contributed by atoms with E-state index in [1.165, 1.54) is 18.4 Å². The summed E-state index contributed by atoms with van der Waals surface area (Å²) in [4.78, 5) is 2.57. The van der Waals surface area contributed by atoms with Crippen molar-refractivity contribution in [3.8, 4) is 0 Å². The van der Waals surface area contributed by atoms with Crippen molar-refractivity contribution in [2.75, 3.05) is 13.1 Å². The van der Waals surface area contributed by atoms with Gasteiger partial charge in [0.2, 0.25) is 0 Å². The summed E-state index contributed by atoms with van der Waals surface area (Å²) in [6.07, 6.45) is 2.58. The Morgan fingerprint density at radius 2 is 2.00 bits per heavy atom. The average molecular weight is 218 g/mol. The van der Waals surface area contributed by atoms with E-state index in [0.717, 1.165) is 19.6 Å². The predicted octanol–water partition coefficient (Wildman–Crippen LogP) is 2.25. The molecule has 1 aliphatic heterocycles. The summed E-state index contributed by atoms with van der Waals surface area (Å²) >= 11 is 0. The lowest BCUT2D eigenvalue weighted by atomic mass is 9.93. The van der Waals surface area contributed by atoms with Gasteiger partial charge in [-0.25, -0.2) is 0 Å². The second kappa shape index (κ2) is 5.46. The number of hydrogen-bond donors (Lipinski definition) is 1. The van der Waals surface area contributed by atoms with Crippen molar-refractivity contribution in [3.63, 3.8) is 0 Å².